The van der Waals surface area contributed by atoms with E-state index in [-0.39, 0.29) is 5.54 Å². The minimum atomic E-state index is 0.242. The molecule has 0 aromatic heterocycles. The topological polar surface area (TPSA) is 29.3 Å². The fourth-order valence-corrected chi connectivity index (χ4v) is 7.02. The lowest BCUT2D eigenvalue weighted by Gasteiger charge is -2.58. The number of likely N-dealkylation sites (tertiary alicyclic amines) is 1. The summed E-state index contributed by atoms with van der Waals surface area (Å²) in [5, 5.41) is 0. The van der Waals surface area contributed by atoms with Crippen molar-refractivity contribution in [3.05, 3.63) is 0 Å². The molecule has 2 N–H and O–H groups in total. The van der Waals surface area contributed by atoms with Crippen LogP contribution in [0.5, 0.6) is 0 Å². The largest absolute Gasteiger partial charge is 0.329 e. The quantitative estimate of drug-likeness (QED) is 0.839. The Morgan fingerprint density at radius 2 is 1.62 bits per heavy atom. The van der Waals surface area contributed by atoms with E-state index < -0.39 is 0 Å². The normalized spacial score (nSPS) is 36.7. The van der Waals surface area contributed by atoms with Crippen molar-refractivity contribution in [3.63, 3.8) is 0 Å². The van der Waals surface area contributed by atoms with Crippen LogP contribution in [0.1, 0.15) is 65.2 Å². The maximum atomic E-state index is 6.36. The first kappa shape index (κ1) is 16.1. The van der Waals surface area contributed by atoms with Gasteiger partial charge in [-0.3, -0.25) is 4.90 Å². The Kier molecular flexibility index (Phi) is 4.65. The summed E-state index contributed by atoms with van der Waals surface area (Å²) in [4.78, 5) is 2.80. The van der Waals surface area contributed by atoms with Gasteiger partial charge < -0.3 is 5.73 Å². The Balaban J connectivity index is 1.72. The second-order valence-electron chi connectivity index (χ2n) is 8.47. The second-order valence-corrected chi connectivity index (χ2v) is 9.58. The molecule has 0 radical (unpaired) electrons. The zero-order valence-electron chi connectivity index (χ0n) is 14.1. The van der Waals surface area contributed by atoms with Crippen LogP contribution >= 0.6 is 11.8 Å². The fraction of sp³-hybridized carbons (Fsp3) is 1.00. The molecule has 0 amide bonds. The van der Waals surface area contributed by atoms with Gasteiger partial charge in [-0.15, -0.1) is 0 Å². The molecule has 2 aliphatic heterocycles. The summed E-state index contributed by atoms with van der Waals surface area (Å²) in [6.07, 6.45) is 11.6. The lowest BCUT2D eigenvalue weighted by Crippen LogP contribution is -2.67. The van der Waals surface area contributed by atoms with E-state index in [1.807, 2.05) is 0 Å². The first-order chi connectivity index (χ1) is 10.0. The molecular formula is C18H34N2S. The van der Waals surface area contributed by atoms with Crippen LogP contribution in [-0.4, -0.2) is 41.6 Å². The Bertz CT molecular complexity index is 352. The van der Waals surface area contributed by atoms with E-state index in [1.165, 1.54) is 76.0 Å². The summed E-state index contributed by atoms with van der Waals surface area (Å²) >= 11 is 2.13. The van der Waals surface area contributed by atoms with Crippen LogP contribution < -0.4 is 5.73 Å². The van der Waals surface area contributed by atoms with E-state index in [1.54, 1.807) is 0 Å². The van der Waals surface area contributed by atoms with Crippen LogP contribution in [0.3, 0.4) is 0 Å². The predicted molar refractivity (Wildman–Crippen MR) is 93.8 cm³/mol. The van der Waals surface area contributed by atoms with E-state index in [9.17, 15) is 0 Å². The molecule has 21 heavy (non-hydrogen) atoms. The summed E-state index contributed by atoms with van der Waals surface area (Å²) in [6, 6.07) is 0. The van der Waals surface area contributed by atoms with Gasteiger partial charge in [0.2, 0.25) is 0 Å². The molecule has 2 heterocycles. The molecule has 3 fully saturated rings. The van der Waals surface area contributed by atoms with Gasteiger partial charge >= 0.3 is 0 Å². The molecule has 1 unspecified atom stereocenters. The molecule has 1 aliphatic carbocycles. The van der Waals surface area contributed by atoms with Crippen molar-refractivity contribution in [2.45, 2.75) is 70.8 Å². The van der Waals surface area contributed by atoms with E-state index in [2.05, 4.69) is 30.5 Å². The minimum absolute atomic E-state index is 0.242. The van der Waals surface area contributed by atoms with Gasteiger partial charge in [-0.25, -0.2) is 0 Å². The molecule has 0 bridgehead atoms. The molecule has 2 saturated heterocycles. The van der Waals surface area contributed by atoms with Gasteiger partial charge in [0.05, 0.1) is 0 Å². The lowest BCUT2D eigenvalue weighted by molar-refractivity contribution is -0.0452. The fourth-order valence-electron chi connectivity index (χ4n) is 5.19. The third kappa shape index (κ3) is 2.79. The molecule has 3 aliphatic rings. The molecule has 3 heteroatoms. The second kappa shape index (κ2) is 6.05. The molecule has 1 spiro atoms. The number of nitrogens with zero attached hydrogens (tertiary/aromatic N) is 1. The minimum Gasteiger partial charge on any atom is -0.329 e. The Hall–Kier alpha value is 0.270. The number of piperidine rings is 1. The van der Waals surface area contributed by atoms with Crippen LogP contribution in [0.15, 0.2) is 0 Å². The van der Waals surface area contributed by atoms with Crippen molar-refractivity contribution in [2.75, 3.05) is 31.1 Å². The highest BCUT2D eigenvalue weighted by Crippen LogP contribution is 2.50. The average Bonchev–Trinajstić information content (AvgIpc) is 2.49. The molecule has 2 nitrogen and oxygen atoms in total. The van der Waals surface area contributed by atoms with E-state index >= 15 is 0 Å². The summed E-state index contributed by atoms with van der Waals surface area (Å²) in [7, 11) is 0. The number of thioether (sulfide) groups is 1. The number of hydrogen-bond acceptors (Lipinski definition) is 3. The van der Waals surface area contributed by atoms with Crippen LogP contribution in [0.25, 0.3) is 0 Å². The standard InChI is InChI=1S/C18H34N2S/c1-16(2)10-13-21-15-18(16,14-19)20-11-8-17(9-12-20)6-4-3-5-7-17/h3-15,19H2,1-2H3. The molecule has 1 saturated carbocycles. The summed E-state index contributed by atoms with van der Waals surface area (Å²) in [5.41, 5.74) is 7.67. The maximum Gasteiger partial charge on any atom is 0.0472 e. The van der Waals surface area contributed by atoms with Gasteiger partial charge in [-0.1, -0.05) is 33.1 Å². The van der Waals surface area contributed by atoms with Crippen molar-refractivity contribution in [1.82, 2.24) is 4.90 Å². The van der Waals surface area contributed by atoms with Crippen molar-refractivity contribution in [3.8, 4) is 0 Å². The molecule has 122 valence electrons. The van der Waals surface area contributed by atoms with Gasteiger partial charge in [0.25, 0.3) is 0 Å². The Morgan fingerprint density at radius 3 is 2.19 bits per heavy atom. The van der Waals surface area contributed by atoms with Crippen molar-refractivity contribution in [2.24, 2.45) is 16.6 Å². The van der Waals surface area contributed by atoms with Crippen molar-refractivity contribution < 1.29 is 0 Å². The number of hydrogen-bond donors (Lipinski definition) is 1. The van der Waals surface area contributed by atoms with Crippen molar-refractivity contribution in [1.29, 1.82) is 0 Å². The monoisotopic (exact) mass is 310 g/mol. The number of rotatable bonds is 2. The van der Waals surface area contributed by atoms with Crippen LogP contribution in [0, 0.1) is 10.8 Å². The van der Waals surface area contributed by atoms with Crippen LogP contribution in [-0.2, 0) is 0 Å². The number of nitrogens with two attached hydrogens (primary N) is 1. The maximum absolute atomic E-state index is 6.36. The molecule has 1 atom stereocenters. The average molecular weight is 311 g/mol. The zero-order chi connectivity index (χ0) is 15.0. The van der Waals surface area contributed by atoms with Gasteiger partial charge in [0, 0.05) is 17.8 Å². The zero-order valence-corrected chi connectivity index (χ0v) is 14.9. The van der Waals surface area contributed by atoms with Crippen LogP contribution in [0.4, 0.5) is 0 Å². The third-order valence-electron chi connectivity index (χ3n) is 7.15. The van der Waals surface area contributed by atoms with Gasteiger partial charge in [0.15, 0.2) is 0 Å². The third-order valence-corrected chi connectivity index (χ3v) is 8.33. The van der Waals surface area contributed by atoms with Gasteiger partial charge in [0.1, 0.15) is 0 Å². The summed E-state index contributed by atoms with van der Waals surface area (Å²) in [6.45, 7) is 8.34. The Morgan fingerprint density at radius 1 is 0.952 bits per heavy atom. The SMILES string of the molecule is CC1(C)CCSCC1(CN)N1CCC2(CCCCC2)CC1. The highest BCUT2D eigenvalue weighted by Gasteiger charge is 2.51. The van der Waals surface area contributed by atoms with Gasteiger partial charge in [-0.2, -0.15) is 11.8 Å². The smallest absolute Gasteiger partial charge is 0.0472 e. The van der Waals surface area contributed by atoms with Crippen LogP contribution in [0.2, 0.25) is 0 Å². The molecule has 0 aromatic carbocycles. The summed E-state index contributed by atoms with van der Waals surface area (Å²) in [5.74, 6) is 2.55. The molecular weight excluding hydrogens is 276 g/mol. The summed E-state index contributed by atoms with van der Waals surface area (Å²) < 4.78 is 0. The highest BCUT2D eigenvalue weighted by atomic mass is 32.2. The van der Waals surface area contributed by atoms with Crippen molar-refractivity contribution >= 4 is 11.8 Å². The predicted octanol–water partition coefficient (Wildman–Crippen LogP) is 3.89. The highest BCUT2D eigenvalue weighted by molar-refractivity contribution is 7.99. The molecule has 3 rings (SSSR count). The van der Waals surface area contributed by atoms with E-state index in [0.29, 0.717) is 10.8 Å². The first-order valence-electron chi connectivity index (χ1n) is 9.07. The first-order valence-corrected chi connectivity index (χ1v) is 10.2. The van der Waals surface area contributed by atoms with E-state index in [4.69, 9.17) is 5.73 Å². The molecule has 0 aromatic rings. The van der Waals surface area contributed by atoms with E-state index in [0.717, 1.165) is 6.54 Å². The Labute approximate surface area is 135 Å². The lowest BCUT2D eigenvalue weighted by atomic mass is 9.65. The van der Waals surface area contributed by atoms with Gasteiger partial charge in [-0.05, 0) is 61.8 Å².